The first-order valence-electron chi connectivity index (χ1n) is 8.00. The highest BCUT2D eigenvalue weighted by molar-refractivity contribution is 7.16. The van der Waals surface area contributed by atoms with E-state index in [1.54, 1.807) is 12.3 Å². The number of rotatable bonds is 3. The van der Waals surface area contributed by atoms with E-state index in [-0.39, 0.29) is 21.7 Å². The van der Waals surface area contributed by atoms with Crippen LogP contribution in [0.15, 0.2) is 47.5 Å². The zero-order chi connectivity index (χ0) is 19.9. The smallest absolute Gasteiger partial charge is 0.416 e. The Balaban J connectivity index is 1.63. The minimum absolute atomic E-state index is 0.0530. The second kappa shape index (κ2) is 6.96. The van der Waals surface area contributed by atoms with E-state index in [1.807, 2.05) is 24.3 Å². The summed E-state index contributed by atoms with van der Waals surface area (Å²) in [4.78, 5) is 8.71. The number of thiazole rings is 1. The zero-order valence-corrected chi connectivity index (χ0v) is 15.5. The lowest BCUT2D eigenvalue weighted by Gasteiger charge is -2.10. The number of allylic oxidation sites excluding steroid dienone is 1. The van der Waals surface area contributed by atoms with Gasteiger partial charge < -0.3 is 10.4 Å². The summed E-state index contributed by atoms with van der Waals surface area (Å²) in [5.74, 6) is -0.235. The van der Waals surface area contributed by atoms with Crippen molar-refractivity contribution in [2.45, 2.75) is 6.18 Å². The van der Waals surface area contributed by atoms with Gasteiger partial charge in [0.2, 0.25) is 5.88 Å². The summed E-state index contributed by atoms with van der Waals surface area (Å²) >= 11 is 7.08. The number of fused-ring (bicyclic) bond motifs is 1. The molecule has 1 aromatic heterocycles. The molecule has 0 spiro atoms. The lowest BCUT2D eigenvalue weighted by atomic mass is 10.1. The largest absolute Gasteiger partial charge is 0.492 e. The van der Waals surface area contributed by atoms with Crippen LogP contribution < -0.4 is 5.32 Å². The third-order valence-electron chi connectivity index (χ3n) is 4.01. The summed E-state index contributed by atoms with van der Waals surface area (Å²) in [7, 11) is 0. The van der Waals surface area contributed by atoms with Gasteiger partial charge in [0.05, 0.1) is 26.8 Å². The molecule has 9 heteroatoms. The van der Waals surface area contributed by atoms with Gasteiger partial charge in [-0.25, -0.2) is 0 Å². The van der Waals surface area contributed by atoms with Crippen LogP contribution in [-0.2, 0) is 6.18 Å². The first-order chi connectivity index (χ1) is 13.3. The van der Waals surface area contributed by atoms with Gasteiger partial charge in [-0.05, 0) is 30.3 Å². The molecule has 2 N–H and O–H groups in total. The number of aromatic nitrogens is 1. The summed E-state index contributed by atoms with van der Waals surface area (Å²) in [5, 5.41) is 13.2. The van der Waals surface area contributed by atoms with Crippen molar-refractivity contribution in [3.63, 3.8) is 0 Å². The average molecular weight is 422 g/mol. The Kier molecular flexibility index (Phi) is 4.60. The van der Waals surface area contributed by atoms with E-state index in [9.17, 15) is 18.3 Å². The molecule has 4 nitrogen and oxygen atoms in total. The van der Waals surface area contributed by atoms with E-state index in [0.29, 0.717) is 4.88 Å². The number of aliphatic imine (C=N–C) groups is 1. The Bertz CT molecular complexity index is 1120. The van der Waals surface area contributed by atoms with Crippen LogP contribution in [0.5, 0.6) is 5.88 Å². The van der Waals surface area contributed by atoms with Gasteiger partial charge >= 0.3 is 6.18 Å². The minimum Gasteiger partial charge on any atom is -0.492 e. The number of benzene rings is 2. The van der Waals surface area contributed by atoms with Crippen LogP contribution in [0.25, 0.3) is 11.6 Å². The van der Waals surface area contributed by atoms with Gasteiger partial charge in [-0.2, -0.15) is 18.2 Å². The number of para-hydroxylation sites is 1. The lowest BCUT2D eigenvalue weighted by molar-refractivity contribution is -0.137. The van der Waals surface area contributed by atoms with Crippen molar-refractivity contribution in [3.05, 3.63) is 63.5 Å². The summed E-state index contributed by atoms with van der Waals surface area (Å²) in [6.45, 7) is 0. The normalized spacial score (nSPS) is 14.5. The maximum Gasteiger partial charge on any atom is 0.416 e. The van der Waals surface area contributed by atoms with Crippen molar-refractivity contribution in [1.29, 1.82) is 0 Å². The fraction of sp³-hybridized carbons (Fsp3) is 0.0526. The molecule has 1 aliphatic rings. The van der Waals surface area contributed by atoms with Gasteiger partial charge in [0.15, 0.2) is 5.13 Å². The Labute approximate surface area is 166 Å². The molecule has 0 unspecified atom stereocenters. The SMILES string of the molecule is Oc1nc(Nc2cc(C(F)(F)F)ccc2Cl)sc1/C=C1/C=Nc2ccccc21. The highest BCUT2D eigenvalue weighted by Crippen LogP contribution is 2.39. The molecule has 0 bridgehead atoms. The van der Waals surface area contributed by atoms with Crippen LogP contribution in [0.3, 0.4) is 0 Å². The van der Waals surface area contributed by atoms with Crippen LogP contribution in [0, 0.1) is 0 Å². The minimum atomic E-state index is -4.49. The molecular formula is C19H11ClF3N3OS. The molecule has 0 amide bonds. The lowest BCUT2D eigenvalue weighted by Crippen LogP contribution is -2.05. The summed E-state index contributed by atoms with van der Waals surface area (Å²) < 4.78 is 38.7. The molecule has 0 atom stereocenters. The molecule has 0 aliphatic carbocycles. The van der Waals surface area contributed by atoms with Gasteiger partial charge in [0.1, 0.15) is 0 Å². The standard InChI is InChI=1S/C19H11ClF3N3OS/c20-13-6-5-11(19(21,22)23)8-15(13)25-18-26-17(27)16(28-18)7-10-9-24-14-4-2-1-3-12(10)14/h1-9,27H,(H,25,26)/b10-7-. The van der Waals surface area contributed by atoms with Crippen molar-refractivity contribution >= 4 is 57.3 Å². The highest BCUT2D eigenvalue weighted by atomic mass is 35.5. The molecule has 3 aromatic rings. The fourth-order valence-electron chi connectivity index (χ4n) is 2.68. The van der Waals surface area contributed by atoms with E-state index >= 15 is 0 Å². The Hall–Kier alpha value is -2.84. The van der Waals surface area contributed by atoms with Crippen molar-refractivity contribution < 1.29 is 18.3 Å². The number of anilines is 2. The molecule has 142 valence electrons. The second-order valence-electron chi connectivity index (χ2n) is 5.90. The van der Waals surface area contributed by atoms with Crippen LogP contribution in [0.2, 0.25) is 5.02 Å². The second-order valence-corrected chi connectivity index (χ2v) is 7.34. The van der Waals surface area contributed by atoms with Crippen molar-refractivity contribution in [2.24, 2.45) is 4.99 Å². The van der Waals surface area contributed by atoms with Gasteiger partial charge in [0, 0.05) is 17.4 Å². The van der Waals surface area contributed by atoms with Crippen molar-refractivity contribution in [3.8, 4) is 5.88 Å². The first-order valence-corrected chi connectivity index (χ1v) is 9.19. The van der Waals surface area contributed by atoms with E-state index in [2.05, 4.69) is 15.3 Å². The Morgan fingerprint density at radius 2 is 1.93 bits per heavy atom. The van der Waals surface area contributed by atoms with Crippen LogP contribution in [-0.4, -0.2) is 16.3 Å². The first kappa shape index (κ1) is 18.5. The van der Waals surface area contributed by atoms with Crippen LogP contribution in [0.1, 0.15) is 16.0 Å². The molecule has 0 radical (unpaired) electrons. The predicted octanol–water partition coefficient (Wildman–Crippen LogP) is 6.52. The predicted molar refractivity (Wildman–Crippen MR) is 106 cm³/mol. The van der Waals surface area contributed by atoms with Gasteiger partial charge in [0.25, 0.3) is 0 Å². The van der Waals surface area contributed by atoms with Crippen LogP contribution >= 0.6 is 22.9 Å². The van der Waals surface area contributed by atoms with E-state index in [4.69, 9.17) is 11.6 Å². The molecule has 2 heterocycles. The molecule has 0 fully saturated rings. The number of halogens is 4. The Morgan fingerprint density at radius 3 is 2.71 bits per heavy atom. The number of hydrogen-bond donors (Lipinski definition) is 2. The number of aromatic hydroxyl groups is 1. The van der Waals surface area contributed by atoms with E-state index < -0.39 is 11.7 Å². The summed E-state index contributed by atoms with van der Waals surface area (Å²) in [6.07, 6.45) is -1.08. The quantitative estimate of drug-likeness (QED) is 0.506. The molecule has 1 aliphatic heterocycles. The number of nitrogens with one attached hydrogen (secondary N) is 1. The summed E-state index contributed by atoms with van der Waals surface area (Å²) in [5.41, 5.74) is 1.77. The number of nitrogens with zero attached hydrogens (tertiary/aromatic N) is 2. The van der Waals surface area contributed by atoms with Gasteiger partial charge in [-0.15, -0.1) is 0 Å². The molecule has 4 rings (SSSR count). The molecule has 28 heavy (non-hydrogen) atoms. The molecule has 0 saturated carbocycles. The zero-order valence-electron chi connectivity index (χ0n) is 14.0. The molecule has 0 saturated heterocycles. The monoisotopic (exact) mass is 421 g/mol. The maximum absolute atomic E-state index is 12.9. The van der Waals surface area contributed by atoms with Crippen molar-refractivity contribution in [1.82, 2.24) is 4.98 Å². The van der Waals surface area contributed by atoms with Crippen molar-refractivity contribution in [2.75, 3.05) is 5.32 Å². The van der Waals surface area contributed by atoms with Gasteiger partial charge in [-0.3, -0.25) is 4.99 Å². The van der Waals surface area contributed by atoms with E-state index in [1.165, 1.54) is 0 Å². The Morgan fingerprint density at radius 1 is 1.14 bits per heavy atom. The van der Waals surface area contributed by atoms with Crippen LogP contribution in [0.4, 0.5) is 29.7 Å². The maximum atomic E-state index is 12.9. The highest BCUT2D eigenvalue weighted by Gasteiger charge is 2.31. The summed E-state index contributed by atoms with van der Waals surface area (Å²) in [6, 6.07) is 10.5. The average Bonchev–Trinajstić information content (AvgIpc) is 3.20. The topological polar surface area (TPSA) is 57.5 Å². The molecule has 2 aromatic carbocycles. The number of alkyl halides is 3. The fourth-order valence-corrected chi connectivity index (χ4v) is 3.67. The van der Waals surface area contributed by atoms with Gasteiger partial charge in [-0.1, -0.05) is 41.1 Å². The molecular weight excluding hydrogens is 411 g/mol. The third-order valence-corrected chi connectivity index (χ3v) is 5.25. The third kappa shape index (κ3) is 3.61. The number of hydrogen-bond acceptors (Lipinski definition) is 5. The van der Waals surface area contributed by atoms with E-state index in [0.717, 1.165) is 46.4 Å².